The zero-order chi connectivity index (χ0) is 20.5. The quantitative estimate of drug-likeness (QED) is 0.822. The van der Waals surface area contributed by atoms with Crippen molar-refractivity contribution in [1.82, 2.24) is 20.0 Å². The van der Waals surface area contributed by atoms with Gasteiger partial charge in [-0.15, -0.1) is 0 Å². The molecule has 4 rings (SSSR count). The topological polar surface area (TPSA) is 79.6 Å². The van der Waals surface area contributed by atoms with Crippen molar-refractivity contribution in [3.05, 3.63) is 48.3 Å². The van der Waals surface area contributed by atoms with Gasteiger partial charge in [-0.2, -0.15) is 5.10 Å². The zero-order valence-electron chi connectivity index (χ0n) is 17.2. The van der Waals surface area contributed by atoms with Crippen LogP contribution in [-0.2, 0) is 16.1 Å². The van der Waals surface area contributed by atoms with E-state index in [4.69, 9.17) is 4.74 Å². The first-order valence-electron chi connectivity index (χ1n) is 10.3. The van der Waals surface area contributed by atoms with E-state index in [1.165, 1.54) is 12.5 Å². The largest absolute Gasteiger partial charge is 0.388 e. The number of aliphatic hydroxyl groups is 1. The van der Waals surface area contributed by atoms with E-state index in [9.17, 15) is 9.90 Å². The fraction of sp³-hybridized carbons (Fsp3) is 0.545. The van der Waals surface area contributed by atoms with Crippen LogP contribution < -0.4 is 5.32 Å². The summed E-state index contributed by atoms with van der Waals surface area (Å²) in [6, 6.07) is 10.0. The van der Waals surface area contributed by atoms with Crippen LogP contribution in [0.5, 0.6) is 0 Å². The number of aromatic nitrogens is 2. The van der Waals surface area contributed by atoms with Crippen molar-refractivity contribution >= 4 is 5.91 Å². The molecule has 3 heterocycles. The molecule has 1 aromatic heterocycles. The van der Waals surface area contributed by atoms with Crippen molar-refractivity contribution in [3.8, 4) is 5.69 Å². The van der Waals surface area contributed by atoms with Crippen LogP contribution in [0.1, 0.15) is 38.7 Å². The maximum Gasteiger partial charge on any atom is 0.217 e. The lowest BCUT2D eigenvalue weighted by molar-refractivity contribution is -0.189. The summed E-state index contributed by atoms with van der Waals surface area (Å²) in [6.07, 6.45) is 6.05. The third kappa shape index (κ3) is 4.52. The standard InChI is InChI=1S/C22H30N4O3/c1-17(27)24-20-15-29-22(16-21(20,2)28)7-11-25(12-8-22)14-18-5-3-6-19(13-18)26-10-4-9-23-26/h3-6,9-10,13,20,28H,7-8,11-12,14-16H2,1-2H3,(H,24,27)/t20-,21-/m0/s1. The summed E-state index contributed by atoms with van der Waals surface area (Å²) in [7, 11) is 0. The average Bonchev–Trinajstić information content (AvgIpc) is 3.21. The molecule has 7 heteroatoms. The minimum atomic E-state index is -0.954. The number of benzene rings is 1. The fourth-order valence-corrected chi connectivity index (χ4v) is 4.63. The van der Waals surface area contributed by atoms with Gasteiger partial charge in [-0.25, -0.2) is 4.68 Å². The third-order valence-corrected chi connectivity index (χ3v) is 6.22. The number of carbonyl (C=O) groups is 1. The summed E-state index contributed by atoms with van der Waals surface area (Å²) >= 11 is 0. The Morgan fingerprint density at radius 1 is 1.34 bits per heavy atom. The normalized spacial score (nSPS) is 27.1. The Labute approximate surface area is 171 Å². The van der Waals surface area contributed by atoms with E-state index in [0.717, 1.165) is 38.2 Å². The molecule has 1 spiro atoms. The maximum atomic E-state index is 11.4. The number of likely N-dealkylation sites (tertiary alicyclic amines) is 1. The molecule has 29 heavy (non-hydrogen) atoms. The van der Waals surface area contributed by atoms with Gasteiger partial charge in [0, 0.05) is 45.4 Å². The van der Waals surface area contributed by atoms with Crippen LogP contribution in [0.15, 0.2) is 42.7 Å². The molecule has 2 fully saturated rings. The van der Waals surface area contributed by atoms with E-state index in [-0.39, 0.29) is 17.6 Å². The van der Waals surface area contributed by atoms with E-state index in [2.05, 4.69) is 39.6 Å². The van der Waals surface area contributed by atoms with Gasteiger partial charge in [-0.05, 0) is 43.5 Å². The summed E-state index contributed by atoms with van der Waals surface area (Å²) in [6.45, 7) is 6.37. The van der Waals surface area contributed by atoms with Gasteiger partial charge < -0.3 is 15.2 Å². The molecule has 2 aliphatic rings. The lowest BCUT2D eigenvalue weighted by Gasteiger charge is -2.51. The van der Waals surface area contributed by atoms with Gasteiger partial charge in [-0.3, -0.25) is 9.69 Å². The molecule has 0 radical (unpaired) electrons. The molecule has 2 aliphatic heterocycles. The molecule has 0 aliphatic carbocycles. The first-order valence-corrected chi connectivity index (χ1v) is 10.3. The van der Waals surface area contributed by atoms with Gasteiger partial charge in [0.2, 0.25) is 5.91 Å². The van der Waals surface area contributed by atoms with Crippen molar-refractivity contribution in [2.24, 2.45) is 0 Å². The van der Waals surface area contributed by atoms with Crippen molar-refractivity contribution in [1.29, 1.82) is 0 Å². The average molecular weight is 399 g/mol. The SMILES string of the molecule is CC(=O)N[C@H]1COC2(CCN(Cc3cccc(-n4cccn4)c3)CC2)C[C@]1(C)O. The molecule has 7 nitrogen and oxygen atoms in total. The van der Waals surface area contributed by atoms with Crippen LogP contribution in [0, 0.1) is 0 Å². The second kappa shape index (κ2) is 7.89. The van der Waals surface area contributed by atoms with Gasteiger partial charge in [0.1, 0.15) is 0 Å². The van der Waals surface area contributed by atoms with Gasteiger partial charge in [0.05, 0.1) is 29.5 Å². The van der Waals surface area contributed by atoms with E-state index in [1.807, 2.05) is 23.9 Å². The number of piperidine rings is 1. The number of amides is 1. The Balaban J connectivity index is 1.35. The van der Waals surface area contributed by atoms with Gasteiger partial charge in [-0.1, -0.05) is 12.1 Å². The Kier molecular flexibility index (Phi) is 5.46. The predicted molar refractivity (Wildman–Crippen MR) is 110 cm³/mol. The Bertz CT molecular complexity index is 842. The van der Waals surface area contributed by atoms with Crippen molar-refractivity contribution in [2.45, 2.75) is 56.9 Å². The molecule has 1 aromatic carbocycles. The Morgan fingerprint density at radius 3 is 2.79 bits per heavy atom. The smallest absolute Gasteiger partial charge is 0.217 e. The number of ether oxygens (including phenoxy) is 1. The van der Waals surface area contributed by atoms with Crippen LogP contribution in [0.3, 0.4) is 0 Å². The summed E-state index contributed by atoms with van der Waals surface area (Å²) < 4.78 is 8.08. The number of nitrogens with zero attached hydrogens (tertiary/aromatic N) is 3. The van der Waals surface area contributed by atoms with Crippen LogP contribution in [-0.4, -0.2) is 62.6 Å². The molecule has 1 amide bonds. The van der Waals surface area contributed by atoms with Gasteiger partial charge >= 0.3 is 0 Å². The van der Waals surface area contributed by atoms with Gasteiger partial charge in [0.25, 0.3) is 0 Å². The number of carbonyl (C=O) groups excluding carboxylic acids is 1. The monoisotopic (exact) mass is 398 g/mol. The Hall–Kier alpha value is -2.22. The molecule has 2 N–H and O–H groups in total. The zero-order valence-corrected chi connectivity index (χ0v) is 17.2. The second-order valence-electron chi connectivity index (χ2n) is 8.68. The number of rotatable bonds is 4. The minimum Gasteiger partial charge on any atom is -0.388 e. The van der Waals surface area contributed by atoms with Crippen LogP contribution in [0.2, 0.25) is 0 Å². The number of nitrogens with one attached hydrogen (secondary N) is 1. The van der Waals surface area contributed by atoms with Crippen molar-refractivity contribution < 1.29 is 14.6 Å². The van der Waals surface area contributed by atoms with E-state index in [1.54, 1.807) is 6.20 Å². The Morgan fingerprint density at radius 2 is 2.14 bits per heavy atom. The molecule has 0 saturated carbocycles. The van der Waals surface area contributed by atoms with Crippen LogP contribution in [0.4, 0.5) is 0 Å². The van der Waals surface area contributed by atoms with E-state index < -0.39 is 5.60 Å². The third-order valence-electron chi connectivity index (χ3n) is 6.22. The lowest BCUT2D eigenvalue weighted by atomic mass is 9.75. The fourth-order valence-electron chi connectivity index (χ4n) is 4.63. The molecule has 2 aromatic rings. The first-order chi connectivity index (χ1) is 13.9. The van der Waals surface area contributed by atoms with E-state index >= 15 is 0 Å². The molecule has 0 bridgehead atoms. The second-order valence-corrected chi connectivity index (χ2v) is 8.68. The highest BCUT2D eigenvalue weighted by Gasteiger charge is 2.49. The molecular weight excluding hydrogens is 368 g/mol. The lowest BCUT2D eigenvalue weighted by Crippen LogP contribution is -2.63. The van der Waals surface area contributed by atoms with E-state index in [0.29, 0.717) is 13.0 Å². The molecule has 0 unspecified atom stereocenters. The van der Waals surface area contributed by atoms with Crippen LogP contribution >= 0.6 is 0 Å². The highest BCUT2D eigenvalue weighted by molar-refractivity contribution is 5.73. The molecule has 2 saturated heterocycles. The number of hydrogen-bond donors (Lipinski definition) is 2. The van der Waals surface area contributed by atoms with Crippen molar-refractivity contribution in [3.63, 3.8) is 0 Å². The highest BCUT2D eigenvalue weighted by atomic mass is 16.5. The summed E-state index contributed by atoms with van der Waals surface area (Å²) in [4.78, 5) is 13.8. The number of hydrogen-bond acceptors (Lipinski definition) is 5. The van der Waals surface area contributed by atoms with Gasteiger partial charge in [0.15, 0.2) is 0 Å². The van der Waals surface area contributed by atoms with Crippen LogP contribution in [0.25, 0.3) is 5.69 Å². The highest BCUT2D eigenvalue weighted by Crippen LogP contribution is 2.39. The summed E-state index contributed by atoms with van der Waals surface area (Å²) in [5.41, 5.74) is 1.07. The molecular formula is C22H30N4O3. The molecule has 156 valence electrons. The summed E-state index contributed by atoms with van der Waals surface area (Å²) in [5, 5.41) is 18.0. The summed E-state index contributed by atoms with van der Waals surface area (Å²) in [5.74, 6) is -0.137. The predicted octanol–water partition coefficient (Wildman–Crippen LogP) is 1.88. The first kappa shape index (κ1) is 20.1. The minimum absolute atomic E-state index is 0.137. The van der Waals surface area contributed by atoms with Crippen molar-refractivity contribution in [2.75, 3.05) is 19.7 Å². The maximum absolute atomic E-state index is 11.4. The molecule has 2 atom stereocenters.